The average Bonchev–Trinajstić information content (AvgIpc) is 2.69. The van der Waals surface area contributed by atoms with E-state index in [0.29, 0.717) is 17.8 Å². The van der Waals surface area contributed by atoms with Gasteiger partial charge in [-0.15, -0.1) is 0 Å². The standard InChI is InChI=1S/C13H16FN3O/c14-9-1-4-12(15-7-9)13(18)17-6-5-10-2-3-11(8-17)16-10/h1,4,7,10-11,16H,2-3,5-6,8H2. The fourth-order valence-electron chi connectivity index (χ4n) is 2.79. The molecular weight excluding hydrogens is 233 g/mol. The molecule has 0 saturated carbocycles. The van der Waals surface area contributed by atoms with Gasteiger partial charge in [0.15, 0.2) is 0 Å². The zero-order valence-corrected chi connectivity index (χ0v) is 10.1. The molecule has 2 bridgehead atoms. The number of nitrogens with one attached hydrogen (secondary N) is 1. The first-order valence-corrected chi connectivity index (χ1v) is 6.39. The van der Waals surface area contributed by atoms with E-state index >= 15 is 0 Å². The highest BCUT2D eigenvalue weighted by Gasteiger charge is 2.31. The van der Waals surface area contributed by atoms with E-state index in [4.69, 9.17) is 0 Å². The number of hydrogen-bond donors (Lipinski definition) is 1. The Labute approximate surface area is 105 Å². The molecule has 1 aromatic heterocycles. The van der Waals surface area contributed by atoms with Gasteiger partial charge in [-0.1, -0.05) is 0 Å². The number of likely N-dealkylation sites (tertiary alicyclic amines) is 1. The van der Waals surface area contributed by atoms with Crippen molar-refractivity contribution >= 4 is 5.91 Å². The van der Waals surface area contributed by atoms with Crippen LogP contribution in [-0.4, -0.2) is 41.0 Å². The van der Waals surface area contributed by atoms with E-state index in [-0.39, 0.29) is 5.91 Å². The van der Waals surface area contributed by atoms with Gasteiger partial charge >= 0.3 is 0 Å². The highest BCUT2D eigenvalue weighted by molar-refractivity contribution is 5.92. The minimum atomic E-state index is -0.414. The van der Waals surface area contributed by atoms with Gasteiger partial charge in [0.1, 0.15) is 11.5 Å². The van der Waals surface area contributed by atoms with E-state index in [1.54, 1.807) is 0 Å². The Morgan fingerprint density at radius 1 is 1.33 bits per heavy atom. The number of fused-ring (bicyclic) bond motifs is 2. The Kier molecular flexibility index (Phi) is 2.99. The molecule has 4 nitrogen and oxygen atoms in total. The maximum absolute atomic E-state index is 12.8. The fraction of sp³-hybridized carbons (Fsp3) is 0.538. The fourth-order valence-corrected chi connectivity index (χ4v) is 2.79. The van der Waals surface area contributed by atoms with Gasteiger partial charge < -0.3 is 10.2 Å². The van der Waals surface area contributed by atoms with Crippen LogP contribution in [0.1, 0.15) is 29.8 Å². The second kappa shape index (κ2) is 4.65. The minimum Gasteiger partial charge on any atom is -0.336 e. The summed E-state index contributed by atoms with van der Waals surface area (Å²) in [6.07, 6.45) is 4.42. The molecule has 2 aliphatic rings. The normalized spacial score (nSPS) is 27.1. The van der Waals surface area contributed by atoms with Crippen LogP contribution >= 0.6 is 0 Å². The van der Waals surface area contributed by atoms with Crippen LogP contribution in [0.3, 0.4) is 0 Å². The van der Waals surface area contributed by atoms with Crippen LogP contribution < -0.4 is 5.32 Å². The lowest BCUT2D eigenvalue weighted by molar-refractivity contribution is 0.0742. The van der Waals surface area contributed by atoms with Crippen LogP contribution in [0, 0.1) is 5.82 Å². The molecule has 1 aromatic rings. The van der Waals surface area contributed by atoms with Gasteiger partial charge in [-0.2, -0.15) is 0 Å². The summed E-state index contributed by atoms with van der Waals surface area (Å²) in [5.41, 5.74) is 0.328. The second-order valence-electron chi connectivity index (χ2n) is 5.04. The summed E-state index contributed by atoms with van der Waals surface area (Å²) < 4.78 is 12.8. The van der Waals surface area contributed by atoms with Gasteiger partial charge in [-0.25, -0.2) is 9.37 Å². The van der Waals surface area contributed by atoms with E-state index < -0.39 is 5.82 Å². The molecule has 0 aromatic carbocycles. The Hall–Kier alpha value is -1.49. The summed E-state index contributed by atoms with van der Waals surface area (Å²) >= 11 is 0. The molecular formula is C13H16FN3O. The van der Waals surface area contributed by atoms with E-state index in [9.17, 15) is 9.18 Å². The van der Waals surface area contributed by atoms with Crippen molar-refractivity contribution in [3.8, 4) is 0 Å². The van der Waals surface area contributed by atoms with Gasteiger partial charge in [0.05, 0.1) is 6.20 Å². The summed E-state index contributed by atoms with van der Waals surface area (Å²) in [5.74, 6) is -0.507. The van der Waals surface area contributed by atoms with Gasteiger partial charge in [0, 0.05) is 25.2 Å². The van der Waals surface area contributed by atoms with Gasteiger partial charge in [-0.3, -0.25) is 4.79 Å². The molecule has 2 aliphatic heterocycles. The largest absolute Gasteiger partial charge is 0.336 e. The van der Waals surface area contributed by atoms with Crippen LogP contribution in [-0.2, 0) is 0 Å². The highest BCUT2D eigenvalue weighted by atomic mass is 19.1. The third kappa shape index (κ3) is 2.22. The topological polar surface area (TPSA) is 45.2 Å². The van der Waals surface area contributed by atoms with Crippen molar-refractivity contribution in [3.05, 3.63) is 29.8 Å². The molecule has 18 heavy (non-hydrogen) atoms. The number of hydrogen-bond acceptors (Lipinski definition) is 3. The van der Waals surface area contributed by atoms with E-state index in [0.717, 1.165) is 32.1 Å². The van der Waals surface area contributed by atoms with Crippen molar-refractivity contribution in [1.82, 2.24) is 15.2 Å². The highest BCUT2D eigenvalue weighted by Crippen LogP contribution is 2.21. The zero-order valence-electron chi connectivity index (χ0n) is 10.1. The van der Waals surface area contributed by atoms with Crippen molar-refractivity contribution in [2.75, 3.05) is 13.1 Å². The Bertz CT molecular complexity index is 448. The number of aromatic nitrogens is 1. The Morgan fingerprint density at radius 2 is 2.17 bits per heavy atom. The number of nitrogens with zero attached hydrogens (tertiary/aromatic N) is 2. The molecule has 1 amide bonds. The van der Waals surface area contributed by atoms with E-state index in [1.165, 1.54) is 18.6 Å². The maximum atomic E-state index is 12.8. The summed E-state index contributed by atoms with van der Waals surface area (Å²) in [5, 5.41) is 3.52. The lowest BCUT2D eigenvalue weighted by Gasteiger charge is -2.23. The second-order valence-corrected chi connectivity index (χ2v) is 5.04. The van der Waals surface area contributed by atoms with Crippen molar-refractivity contribution in [3.63, 3.8) is 0 Å². The summed E-state index contributed by atoms with van der Waals surface area (Å²) in [4.78, 5) is 17.9. The number of amides is 1. The first-order valence-electron chi connectivity index (χ1n) is 6.39. The number of pyridine rings is 1. The molecule has 0 radical (unpaired) electrons. The van der Waals surface area contributed by atoms with Crippen LogP contribution in [0.5, 0.6) is 0 Å². The molecule has 2 saturated heterocycles. The molecule has 1 N–H and O–H groups in total. The van der Waals surface area contributed by atoms with Crippen LogP contribution in [0.25, 0.3) is 0 Å². The molecule has 2 unspecified atom stereocenters. The monoisotopic (exact) mass is 249 g/mol. The minimum absolute atomic E-state index is 0.0932. The number of rotatable bonds is 1. The molecule has 2 fully saturated rings. The number of carbonyl (C=O) groups is 1. The summed E-state index contributed by atoms with van der Waals surface area (Å²) in [6, 6.07) is 3.69. The Balaban J connectivity index is 1.74. The predicted molar refractivity (Wildman–Crippen MR) is 64.7 cm³/mol. The molecule has 3 heterocycles. The van der Waals surface area contributed by atoms with Gasteiger partial charge in [0.25, 0.3) is 5.91 Å². The van der Waals surface area contributed by atoms with Crippen LogP contribution in [0.4, 0.5) is 4.39 Å². The van der Waals surface area contributed by atoms with Crippen molar-refractivity contribution < 1.29 is 9.18 Å². The lowest BCUT2D eigenvalue weighted by Crippen LogP contribution is -2.39. The van der Waals surface area contributed by atoms with Gasteiger partial charge in [-0.05, 0) is 31.4 Å². The quantitative estimate of drug-likeness (QED) is 0.813. The summed E-state index contributed by atoms with van der Waals surface area (Å²) in [7, 11) is 0. The lowest BCUT2D eigenvalue weighted by atomic mass is 10.1. The number of halogens is 1. The van der Waals surface area contributed by atoms with Crippen LogP contribution in [0.15, 0.2) is 18.3 Å². The summed E-state index contributed by atoms with van der Waals surface area (Å²) in [6.45, 7) is 1.49. The third-order valence-electron chi connectivity index (χ3n) is 3.76. The van der Waals surface area contributed by atoms with E-state index in [1.807, 2.05) is 4.90 Å². The van der Waals surface area contributed by atoms with Gasteiger partial charge in [0.2, 0.25) is 0 Å². The van der Waals surface area contributed by atoms with Crippen molar-refractivity contribution in [1.29, 1.82) is 0 Å². The molecule has 5 heteroatoms. The first kappa shape index (κ1) is 11.6. The molecule has 0 aliphatic carbocycles. The Morgan fingerprint density at radius 3 is 2.94 bits per heavy atom. The third-order valence-corrected chi connectivity index (χ3v) is 3.76. The molecule has 2 atom stereocenters. The SMILES string of the molecule is O=C(c1ccc(F)cn1)N1CCC2CCC(C1)N2. The zero-order chi connectivity index (χ0) is 12.5. The first-order chi connectivity index (χ1) is 8.72. The maximum Gasteiger partial charge on any atom is 0.272 e. The van der Waals surface area contributed by atoms with Crippen molar-refractivity contribution in [2.45, 2.75) is 31.3 Å². The number of carbonyl (C=O) groups excluding carboxylic acids is 1. The smallest absolute Gasteiger partial charge is 0.272 e. The van der Waals surface area contributed by atoms with Crippen LogP contribution in [0.2, 0.25) is 0 Å². The van der Waals surface area contributed by atoms with E-state index in [2.05, 4.69) is 10.3 Å². The molecule has 3 rings (SSSR count). The van der Waals surface area contributed by atoms with Crippen molar-refractivity contribution in [2.24, 2.45) is 0 Å². The predicted octanol–water partition coefficient (Wildman–Crippen LogP) is 1.19. The molecule has 96 valence electrons. The average molecular weight is 249 g/mol. The molecule has 0 spiro atoms.